The summed E-state index contributed by atoms with van der Waals surface area (Å²) in [4.78, 5) is 0. The van der Waals surface area contributed by atoms with Crippen LogP contribution in [-0.4, -0.2) is 5.11 Å². The van der Waals surface area contributed by atoms with Crippen LogP contribution in [0.4, 0.5) is 0 Å². The summed E-state index contributed by atoms with van der Waals surface area (Å²) in [6.07, 6.45) is 3.99. The molecule has 1 N–H and O–H groups in total. The number of benzene rings is 2. The quantitative estimate of drug-likeness (QED) is 0.767. The van der Waals surface area contributed by atoms with Gasteiger partial charge in [0.25, 0.3) is 0 Å². The second-order valence-corrected chi connectivity index (χ2v) is 6.87. The van der Waals surface area contributed by atoms with Crippen molar-refractivity contribution in [1.29, 1.82) is 0 Å². The van der Waals surface area contributed by atoms with E-state index in [4.69, 9.17) is 0 Å². The summed E-state index contributed by atoms with van der Waals surface area (Å²) in [6, 6.07) is 13.2. The fourth-order valence-corrected chi connectivity index (χ4v) is 4.66. The second-order valence-electron chi connectivity index (χ2n) is 6.87. The third-order valence-corrected chi connectivity index (χ3v) is 5.69. The Morgan fingerprint density at radius 1 is 1.05 bits per heavy atom. The number of hydrogen-bond acceptors (Lipinski definition) is 1. The van der Waals surface area contributed by atoms with Gasteiger partial charge in [-0.05, 0) is 67.3 Å². The molecule has 0 amide bonds. The van der Waals surface area contributed by atoms with E-state index in [1.165, 1.54) is 33.4 Å². The van der Waals surface area contributed by atoms with Gasteiger partial charge in [0, 0.05) is 5.41 Å². The van der Waals surface area contributed by atoms with E-state index >= 15 is 0 Å². The van der Waals surface area contributed by atoms with Crippen LogP contribution >= 0.6 is 0 Å². The first-order chi connectivity index (χ1) is 10.1. The Morgan fingerprint density at radius 3 is 2.67 bits per heavy atom. The molecular formula is C20H22O. The van der Waals surface area contributed by atoms with E-state index < -0.39 is 0 Å². The summed E-state index contributed by atoms with van der Waals surface area (Å²) in [6.45, 7) is 4.31. The smallest absolute Gasteiger partial charge is 0.0889 e. The number of aliphatic hydroxyl groups excluding tert-OH is 1. The van der Waals surface area contributed by atoms with Crippen molar-refractivity contribution >= 4 is 0 Å². The molecule has 0 heterocycles. The standard InChI is InChI=1S/C20H22O/c1-13-11-14(2)16-8-10-20(19(21)17(16)12-13)9-7-15-5-3-4-6-18(15)20/h3-6,11-12,19,21H,7-10H2,1-2H3. The van der Waals surface area contributed by atoms with Gasteiger partial charge in [-0.2, -0.15) is 0 Å². The summed E-state index contributed by atoms with van der Waals surface area (Å²) in [5.41, 5.74) is 7.92. The van der Waals surface area contributed by atoms with Gasteiger partial charge in [0.1, 0.15) is 0 Å². The van der Waals surface area contributed by atoms with Crippen LogP contribution in [0.5, 0.6) is 0 Å². The van der Waals surface area contributed by atoms with Gasteiger partial charge in [0.05, 0.1) is 6.10 Å². The molecule has 2 aromatic carbocycles. The van der Waals surface area contributed by atoms with Crippen molar-refractivity contribution in [3.8, 4) is 0 Å². The Hall–Kier alpha value is -1.60. The summed E-state index contributed by atoms with van der Waals surface area (Å²) < 4.78 is 0. The summed E-state index contributed by atoms with van der Waals surface area (Å²) in [5, 5.41) is 11.2. The molecule has 2 aliphatic carbocycles. The molecule has 1 heteroatoms. The highest BCUT2D eigenvalue weighted by Crippen LogP contribution is 2.53. The van der Waals surface area contributed by atoms with Gasteiger partial charge < -0.3 is 5.11 Å². The van der Waals surface area contributed by atoms with Gasteiger partial charge in [0.2, 0.25) is 0 Å². The maximum Gasteiger partial charge on any atom is 0.0889 e. The molecule has 0 radical (unpaired) electrons. The Balaban J connectivity index is 1.88. The topological polar surface area (TPSA) is 20.2 Å². The zero-order valence-corrected chi connectivity index (χ0v) is 12.8. The van der Waals surface area contributed by atoms with Crippen molar-refractivity contribution in [1.82, 2.24) is 0 Å². The van der Waals surface area contributed by atoms with Crippen LogP contribution < -0.4 is 0 Å². The van der Waals surface area contributed by atoms with Crippen LogP contribution in [0.15, 0.2) is 36.4 Å². The molecule has 2 aromatic rings. The van der Waals surface area contributed by atoms with E-state index in [1.807, 2.05) is 0 Å². The number of hydrogen-bond donors (Lipinski definition) is 1. The maximum atomic E-state index is 11.2. The van der Waals surface area contributed by atoms with Crippen molar-refractivity contribution in [2.24, 2.45) is 0 Å². The Morgan fingerprint density at radius 2 is 1.81 bits per heavy atom. The van der Waals surface area contributed by atoms with E-state index in [-0.39, 0.29) is 11.5 Å². The molecule has 2 atom stereocenters. The molecule has 2 unspecified atom stereocenters. The zero-order chi connectivity index (χ0) is 14.6. The molecule has 0 saturated heterocycles. The molecule has 2 aliphatic rings. The minimum absolute atomic E-state index is 0.0518. The fraction of sp³-hybridized carbons (Fsp3) is 0.400. The largest absolute Gasteiger partial charge is 0.387 e. The van der Waals surface area contributed by atoms with Gasteiger partial charge in [-0.25, -0.2) is 0 Å². The van der Waals surface area contributed by atoms with Gasteiger partial charge in [0.15, 0.2) is 0 Å². The average Bonchev–Trinajstić information content (AvgIpc) is 2.84. The summed E-state index contributed by atoms with van der Waals surface area (Å²) in [5.74, 6) is 0. The molecule has 108 valence electrons. The molecule has 0 saturated carbocycles. The first-order valence-electron chi connectivity index (χ1n) is 7.98. The molecule has 1 nitrogen and oxygen atoms in total. The third-order valence-electron chi connectivity index (χ3n) is 5.69. The van der Waals surface area contributed by atoms with E-state index in [2.05, 4.69) is 50.2 Å². The molecule has 4 rings (SSSR count). The van der Waals surface area contributed by atoms with Crippen LogP contribution in [0.25, 0.3) is 0 Å². The third kappa shape index (κ3) is 1.74. The average molecular weight is 278 g/mol. The molecule has 0 aromatic heterocycles. The van der Waals surface area contributed by atoms with Crippen LogP contribution in [-0.2, 0) is 18.3 Å². The molecule has 0 bridgehead atoms. The Kier molecular flexibility index (Phi) is 2.77. The lowest BCUT2D eigenvalue weighted by Crippen LogP contribution is -2.36. The molecule has 1 spiro atoms. The number of aryl methyl sites for hydroxylation is 3. The van der Waals surface area contributed by atoms with Gasteiger partial charge in [-0.15, -0.1) is 0 Å². The predicted molar refractivity (Wildman–Crippen MR) is 85.6 cm³/mol. The lowest BCUT2D eigenvalue weighted by atomic mass is 9.65. The maximum absolute atomic E-state index is 11.2. The normalized spacial score (nSPS) is 26.7. The fourth-order valence-electron chi connectivity index (χ4n) is 4.66. The summed E-state index contributed by atoms with van der Waals surface area (Å²) >= 11 is 0. The van der Waals surface area contributed by atoms with Crippen molar-refractivity contribution in [2.45, 2.75) is 51.0 Å². The number of fused-ring (bicyclic) bond motifs is 3. The van der Waals surface area contributed by atoms with Crippen LogP contribution in [0.1, 0.15) is 52.3 Å². The van der Waals surface area contributed by atoms with Crippen LogP contribution in [0.3, 0.4) is 0 Å². The van der Waals surface area contributed by atoms with E-state index in [0.29, 0.717) is 0 Å². The molecule has 0 fully saturated rings. The lowest BCUT2D eigenvalue weighted by molar-refractivity contribution is 0.0640. The Bertz CT molecular complexity index is 716. The van der Waals surface area contributed by atoms with E-state index in [9.17, 15) is 5.11 Å². The lowest BCUT2D eigenvalue weighted by Gasteiger charge is -2.41. The van der Waals surface area contributed by atoms with Crippen LogP contribution in [0.2, 0.25) is 0 Å². The SMILES string of the molecule is Cc1cc(C)c2c(c1)C(O)C1(CCc3ccccc31)CC2. The Labute approximate surface area is 126 Å². The van der Waals surface area contributed by atoms with Crippen molar-refractivity contribution in [3.63, 3.8) is 0 Å². The van der Waals surface area contributed by atoms with Crippen LogP contribution in [0, 0.1) is 13.8 Å². The van der Waals surface area contributed by atoms with E-state index in [0.717, 1.165) is 25.7 Å². The highest BCUT2D eigenvalue weighted by atomic mass is 16.3. The first-order valence-corrected chi connectivity index (χ1v) is 7.98. The molecule has 21 heavy (non-hydrogen) atoms. The zero-order valence-electron chi connectivity index (χ0n) is 12.8. The minimum atomic E-state index is -0.358. The van der Waals surface area contributed by atoms with Crippen molar-refractivity contribution < 1.29 is 5.11 Å². The predicted octanol–water partition coefficient (Wildman–Crippen LogP) is 4.17. The van der Waals surface area contributed by atoms with Crippen molar-refractivity contribution in [3.05, 3.63) is 69.8 Å². The monoisotopic (exact) mass is 278 g/mol. The second kappa shape index (κ2) is 4.45. The molecule has 0 aliphatic heterocycles. The molecular weight excluding hydrogens is 256 g/mol. The minimum Gasteiger partial charge on any atom is -0.387 e. The van der Waals surface area contributed by atoms with Crippen molar-refractivity contribution in [2.75, 3.05) is 0 Å². The van der Waals surface area contributed by atoms with E-state index in [1.54, 1.807) is 0 Å². The number of aliphatic hydroxyl groups is 1. The highest BCUT2D eigenvalue weighted by molar-refractivity contribution is 5.49. The summed E-state index contributed by atoms with van der Waals surface area (Å²) in [7, 11) is 0. The number of rotatable bonds is 0. The highest BCUT2D eigenvalue weighted by Gasteiger charge is 2.47. The van der Waals surface area contributed by atoms with Gasteiger partial charge in [-0.1, -0.05) is 42.0 Å². The van der Waals surface area contributed by atoms with Gasteiger partial charge in [-0.3, -0.25) is 0 Å². The first kappa shape index (κ1) is 13.1. The van der Waals surface area contributed by atoms with Gasteiger partial charge >= 0.3 is 0 Å².